The molecule has 1 aliphatic rings. The Morgan fingerprint density at radius 2 is 1.86 bits per heavy atom. The van der Waals surface area contributed by atoms with E-state index in [2.05, 4.69) is 20.9 Å². The number of fused-ring (bicyclic) bond motifs is 1. The third-order valence-electron chi connectivity index (χ3n) is 6.82. The molecule has 0 radical (unpaired) electrons. The molecular formula is C32H28BrN3O6S2. The molecule has 0 saturated heterocycles. The summed E-state index contributed by atoms with van der Waals surface area (Å²) in [5.41, 5.74) is 2.71. The van der Waals surface area contributed by atoms with Gasteiger partial charge in [-0.2, -0.15) is 0 Å². The van der Waals surface area contributed by atoms with Gasteiger partial charge in [0.1, 0.15) is 12.4 Å². The molecule has 1 aliphatic heterocycles. The number of nitro benzene ring substituents is 1. The zero-order chi connectivity index (χ0) is 31.5. The second-order valence-electron chi connectivity index (χ2n) is 10.2. The Balaban J connectivity index is 1.58. The minimum atomic E-state index is -0.712. The van der Waals surface area contributed by atoms with Gasteiger partial charge in [0.15, 0.2) is 4.80 Å². The van der Waals surface area contributed by atoms with Crippen molar-refractivity contribution in [3.05, 3.63) is 129 Å². The van der Waals surface area contributed by atoms with Crippen LogP contribution in [-0.4, -0.2) is 27.8 Å². The first-order valence-electron chi connectivity index (χ1n) is 13.6. The lowest BCUT2D eigenvalue weighted by Gasteiger charge is -2.25. The van der Waals surface area contributed by atoms with E-state index in [1.807, 2.05) is 42.7 Å². The maximum Gasteiger partial charge on any atom is 0.338 e. The number of thioether (sulfide) groups is 1. The predicted molar refractivity (Wildman–Crippen MR) is 175 cm³/mol. The molecule has 3 aromatic carbocycles. The Morgan fingerprint density at radius 1 is 1.16 bits per heavy atom. The highest BCUT2D eigenvalue weighted by molar-refractivity contribution is 9.10. The van der Waals surface area contributed by atoms with E-state index in [0.717, 1.165) is 20.5 Å². The van der Waals surface area contributed by atoms with Crippen molar-refractivity contribution in [3.63, 3.8) is 0 Å². The highest BCUT2D eigenvalue weighted by atomic mass is 79.9. The number of ether oxygens (including phenoxy) is 2. The molecule has 0 fully saturated rings. The number of aromatic nitrogens is 1. The maximum absolute atomic E-state index is 14.1. The fourth-order valence-electron chi connectivity index (χ4n) is 4.74. The van der Waals surface area contributed by atoms with Crippen molar-refractivity contribution in [2.45, 2.75) is 44.4 Å². The zero-order valence-electron chi connectivity index (χ0n) is 24.3. The smallest absolute Gasteiger partial charge is 0.338 e. The molecule has 0 aliphatic carbocycles. The standard InChI is InChI=1S/C32H28BrN3O6S2/c1-18(2)42-31(38)28-19(3)34-32-35(29(28)21-7-12-25(43-4)13-8-21)30(37)27(44-32)16-22-15-23(33)9-14-26(22)41-17-20-5-10-24(11-6-20)36(39)40/h5-16,18,29H,17H2,1-4H3/b27-16-/t29-/m1/s1. The van der Waals surface area contributed by atoms with Gasteiger partial charge in [0, 0.05) is 27.1 Å². The number of halogens is 1. The Morgan fingerprint density at radius 3 is 2.50 bits per heavy atom. The Kier molecular flexibility index (Phi) is 9.52. The van der Waals surface area contributed by atoms with Crippen molar-refractivity contribution in [2.24, 2.45) is 4.99 Å². The Hall–Kier alpha value is -4.00. The fourth-order valence-corrected chi connectivity index (χ4v) is 6.57. The molecule has 0 bridgehead atoms. The molecule has 0 saturated carbocycles. The Bertz CT molecular complexity index is 1950. The van der Waals surface area contributed by atoms with Crippen molar-refractivity contribution in [1.82, 2.24) is 4.57 Å². The van der Waals surface area contributed by atoms with Crippen molar-refractivity contribution >= 4 is 56.8 Å². The lowest BCUT2D eigenvalue weighted by molar-refractivity contribution is -0.384. The maximum atomic E-state index is 14.1. The van der Waals surface area contributed by atoms with Gasteiger partial charge in [0.05, 0.1) is 32.9 Å². The van der Waals surface area contributed by atoms with Gasteiger partial charge in [-0.25, -0.2) is 9.79 Å². The van der Waals surface area contributed by atoms with Crippen LogP contribution in [0.2, 0.25) is 0 Å². The molecule has 0 unspecified atom stereocenters. The van der Waals surface area contributed by atoms with Crippen LogP contribution in [0.5, 0.6) is 5.75 Å². The second kappa shape index (κ2) is 13.3. The molecule has 9 nitrogen and oxygen atoms in total. The molecule has 5 rings (SSSR count). The van der Waals surface area contributed by atoms with Crippen LogP contribution in [0.4, 0.5) is 5.69 Å². The van der Waals surface area contributed by atoms with E-state index < -0.39 is 16.9 Å². The number of carbonyl (C=O) groups is 1. The number of hydrogen-bond acceptors (Lipinski definition) is 9. The third-order valence-corrected chi connectivity index (χ3v) is 9.04. The van der Waals surface area contributed by atoms with Crippen LogP contribution in [0.3, 0.4) is 0 Å². The van der Waals surface area contributed by atoms with E-state index in [9.17, 15) is 19.7 Å². The molecule has 44 heavy (non-hydrogen) atoms. The highest BCUT2D eigenvalue weighted by Crippen LogP contribution is 2.32. The average Bonchev–Trinajstić information content (AvgIpc) is 3.29. The van der Waals surface area contributed by atoms with E-state index in [-0.39, 0.29) is 24.0 Å². The van der Waals surface area contributed by atoms with Gasteiger partial charge in [-0.3, -0.25) is 19.5 Å². The van der Waals surface area contributed by atoms with Gasteiger partial charge >= 0.3 is 5.97 Å². The summed E-state index contributed by atoms with van der Waals surface area (Å²) in [4.78, 5) is 44.2. The van der Waals surface area contributed by atoms with E-state index >= 15 is 0 Å². The van der Waals surface area contributed by atoms with Crippen LogP contribution >= 0.6 is 39.0 Å². The van der Waals surface area contributed by atoms with Gasteiger partial charge in [0.2, 0.25) is 0 Å². The number of benzene rings is 3. The number of thiazole rings is 1. The number of nitrogens with zero attached hydrogens (tertiary/aromatic N) is 3. The number of carbonyl (C=O) groups excluding carboxylic acids is 1. The summed E-state index contributed by atoms with van der Waals surface area (Å²) < 4.78 is 14.4. The summed E-state index contributed by atoms with van der Waals surface area (Å²) in [7, 11) is 0. The van der Waals surface area contributed by atoms with E-state index in [1.54, 1.807) is 61.4 Å². The van der Waals surface area contributed by atoms with Crippen LogP contribution < -0.4 is 19.6 Å². The first kappa shape index (κ1) is 31.4. The van der Waals surface area contributed by atoms with E-state index in [4.69, 9.17) is 9.47 Å². The predicted octanol–water partition coefficient (Wildman–Crippen LogP) is 6.16. The van der Waals surface area contributed by atoms with Gasteiger partial charge in [-0.05, 0) is 86.7 Å². The van der Waals surface area contributed by atoms with Crippen LogP contribution in [0.25, 0.3) is 6.08 Å². The number of esters is 1. The third kappa shape index (κ3) is 6.72. The fraction of sp³-hybridized carbons (Fsp3) is 0.219. The molecule has 1 atom stereocenters. The van der Waals surface area contributed by atoms with Crippen molar-refractivity contribution in [1.29, 1.82) is 0 Å². The van der Waals surface area contributed by atoms with Gasteiger partial charge in [-0.1, -0.05) is 39.4 Å². The minimum Gasteiger partial charge on any atom is -0.488 e. The van der Waals surface area contributed by atoms with E-state index in [1.165, 1.54) is 23.5 Å². The van der Waals surface area contributed by atoms with Crippen molar-refractivity contribution in [3.8, 4) is 5.75 Å². The lowest BCUT2D eigenvalue weighted by atomic mass is 9.96. The summed E-state index contributed by atoms with van der Waals surface area (Å²) in [6.07, 6.45) is 3.39. The van der Waals surface area contributed by atoms with Crippen molar-refractivity contribution < 1.29 is 19.2 Å². The van der Waals surface area contributed by atoms with Crippen LogP contribution in [0.15, 0.2) is 97.2 Å². The molecule has 1 aromatic heterocycles. The lowest BCUT2D eigenvalue weighted by Crippen LogP contribution is -2.40. The molecule has 0 spiro atoms. The van der Waals surface area contributed by atoms with Crippen molar-refractivity contribution in [2.75, 3.05) is 6.26 Å². The molecule has 0 N–H and O–H groups in total. The minimum absolute atomic E-state index is 0.00261. The zero-order valence-corrected chi connectivity index (χ0v) is 27.5. The molecule has 226 valence electrons. The van der Waals surface area contributed by atoms with Gasteiger partial charge < -0.3 is 9.47 Å². The molecular weight excluding hydrogens is 666 g/mol. The second-order valence-corrected chi connectivity index (χ2v) is 13.0. The molecule has 2 heterocycles. The summed E-state index contributed by atoms with van der Waals surface area (Å²) in [5, 5.41) is 11.0. The first-order chi connectivity index (χ1) is 21.0. The largest absolute Gasteiger partial charge is 0.488 e. The first-order valence-corrected chi connectivity index (χ1v) is 16.4. The van der Waals surface area contributed by atoms with Gasteiger partial charge in [0.25, 0.3) is 11.2 Å². The summed E-state index contributed by atoms with van der Waals surface area (Å²) in [5.74, 6) is 0.0161. The Labute approximate surface area is 269 Å². The van der Waals surface area contributed by atoms with E-state index in [0.29, 0.717) is 31.9 Å². The number of allylic oxidation sites excluding steroid dienone is 1. The number of non-ortho nitro benzene ring substituents is 1. The number of hydrogen-bond donors (Lipinski definition) is 0. The SMILES string of the molecule is CSc1ccc([C@@H]2C(C(=O)OC(C)C)=C(C)N=c3s/c(=C\c4cc(Br)ccc4OCc4ccc([N+](=O)[O-])cc4)c(=O)n32)cc1. The quantitative estimate of drug-likeness (QED) is 0.0893. The summed E-state index contributed by atoms with van der Waals surface area (Å²) in [6.45, 7) is 5.50. The summed E-state index contributed by atoms with van der Waals surface area (Å²) >= 11 is 6.34. The topological polar surface area (TPSA) is 113 Å². The van der Waals surface area contributed by atoms with Crippen LogP contribution in [0, 0.1) is 10.1 Å². The number of rotatable bonds is 9. The molecule has 4 aromatic rings. The highest BCUT2D eigenvalue weighted by Gasteiger charge is 2.33. The summed E-state index contributed by atoms with van der Waals surface area (Å²) in [6, 6.07) is 18.7. The normalized spacial score (nSPS) is 14.8. The van der Waals surface area contributed by atoms with Crippen LogP contribution in [-0.2, 0) is 16.1 Å². The number of nitro groups is 1. The molecule has 0 amide bonds. The molecule has 12 heteroatoms. The monoisotopic (exact) mass is 693 g/mol. The van der Waals surface area contributed by atoms with Gasteiger partial charge in [-0.15, -0.1) is 11.8 Å². The van der Waals surface area contributed by atoms with Crippen LogP contribution in [0.1, 0.15) is 43.5 Å². The average molecular weight is 695 g/mol.